The molecule has 184 valence electrons. The molecule has 2 fully saturated rings. The summed E-state index contributed by atoms with van der Waals surface area (Å²) in [5, 5.41) is -0.543. The Labute approximate surface area is 205 Å². The molecular weight excluding hydrogens is 444 g/mol. The van der Waals surface area contributed by atoms with Crippen molar-refractivity contribution in [2.75, 3.05) is 46.3 Å². The monoisotopic (exact) mass is 483 g/mol. The highest BCUT2D eigenvalue weighted by atomic mass is 32.2. The Balaban J connectivity index is 1.35. The second-order valence-electron chi connectivity index (χ2n) is 10.5. The van der Waals surface area contributed by atoms with E-state index in [1.807, 2.05) is 25.3 Å². The molecule has 0 radical (unpaired) electrons. The van der Waals surface area contributed by atoms with Crippen LogP contribution >= 0.6 is 0 Å². The minimum Gasteiger partial charge on any atom is -0.308 e. The van der Waals surface area contributed by atoms with Gasteiger partial charge in [0.2, 0.25) is 0 Å². The first-order valence-electron chi connectivity index (χ1n) is 12.9. The molecule has 0 spiro atoms. The van der Waals surface area contributed by atoms with Crippen molar-refractivity contribution >= 4 is 16.0 Å². The van der Waals surface area contributed by atoms with Crippen LogP contribution in [0.25, 0.3) is 0 Å². The zero-order valence-corrected chi connectivity index (χ0v) is 21.7. The predicted molar refractivity (Wildman–Crippen MR) is 139 cm³/mol. The molecule has 2 aliphatic heterocycles. The van der Waals surface area contributed by atoms with E-state index in [9.17, 15) is 8.42 Å². The number of likely N-dealkylation sites (N-methyl/N-ethyl adjacent to an activating group) is 1. The van der Waals surface area contributed by atoms with Gasteiger partial charge in [-0.05, 0) is 37.3 Å². The van der Waals surface area contributed by atoms with Crippen LogP contribution in [0.5, 0.6) is 0 Å². The lowest BCUT2D eigenvalue weighted by Gasteiger charge is -2.45. The number of rotatable bonds is 4. The van der Waals surface area contributed by atoms with Gasteiger partial charge in [-0.1, -0.05) is 61.4 Å². The first-order valence-corrected chi connectivity index (χ1v) is 14.4. The van der Waals surface area contributed by atoms with E-state index in [0.717, 1.165) is 50.2 Å². The largest absolute Gasteiger partial charge is 0.316 e. The molecule has 0 bridgehead atoms. The molecule has 3 atom stereocenters. The Kier molecular flexibility index (Phi) is 6.46. The molecule has 0 aromatic rings. The fraction of sp³-hybridized carbons (Fsp3) is 0.593. The second-order valence-corrected chi connectivity index (χ2v) is 12.9. The first kappa shape index (κ1) is 23.8. The van der Waals surface area contributed by atoms with Crippen LogP contribution in [0.15, 0.2) is 64.2 Å². The van der Waals surface area contributed by atoms with Crippen LogP contribution in [0.3, 0.4) is 0 Å². The summed E-state index contributed by atoms with van der Waals surface area (Å²) >= 11 is 0. The lowest BCUT2D eigenvalue weighted by Crippen LogP contribution is -2.64. The van der Waals surface area contributed by atoms with Crippen LogP contribution in [0.1, 0.15) is 39.5 Å². The van der Waals surface area contributed by atoms with Crippen molar-refractivity contribution < 1.29 is 12.3 Å². The Morgan fingerprint density at radius 2 is 1.85 bits per heavy atom. The number of nitrogens with zero attached hydrogens (tertiary/aromatic N) is 4. The zero-order valence-electron chi connectivity index (χ0n) is 20.9. The van der Waals surface area contributed by atoms with Crippen molar-refractivity contribution in [1.82, 2.24) is 9.80 Å². The Morgan fingerprint density at radius 3 is 2.56 bits per heavy atom. The second kappa shape index (κ2) is 9.25. The van der Waals surface area contributed by atoms with Crippen molar-refractivity contribution in [2.45, 2.75) is 50.8 Å². The minimum atomic E-state index is -3.54. The van der Waals surface area contributed by atoms with Crippen molar-refractivity contribution in [2.24, 2.45) is 10.9 Å². The van der Waals surface area contributed by atoms with Gasteiger partial charge in [0.05, 0.1) is 13.6 Å². The Morgan fingerprint density at radius 1 is 1.09 bits per heavy atom. The van der Waals surface area contributed by atoms with Crippen LogP contribution in [-0.2, 0) is 10.0 Å². The van der Waals surface area contributed by atoms with Crippen molar-refractivity contribution in [3.63, 3.8) is 0 Å². The number of hydrogen-bond donors (Lipinski definition) is 0. The normalized spacial score (nSPS) is 33.1. The molecule has 1 saturated carbocycles. The molecule has 0 aromatic heterocycles. The third-order valence-corrected chi connectivity index (χ3v) is 11.4. The molecule has 2 heterocycles. The van der Waals surface area contributed by atoms with Crippen LogP contribution in [-0.4, -0.2) is 85.7 Å². The van der Waals surface area contributed by atoms with Gasteiger partial charge >= 0.3 is 16.0 Å². The summed E-state index contributed by atoms with van der Waals surface area (Å²) in [5.74, 6) is 0.678. The predicted octanol–water partition coefficient (Wildman–Crippen LogP) is 3.64. The molecule has 0 amide bonds. The number of piperazine rings is 1. The van der Waals surface area contributed by atoms with E-state index in [-0.39, 0.29) is 9.81 Å². The number of hydrogen-bond acceptors (Lipinski definition) is 5. The number of aliphatic imine (C=N–C) groups is 1. The van der Waals surface area contributed by atoms with E-state index in [1.165, 1.54) is 30.4 Å². The Bertz CT molecular complexity index is 1100. The van der Waals surface area contributed by atoms with Gasteiger partial charge in [-0.15, -0.1) is 0 Å². The summed E-state index contributed by atoms with van der Waals surface area (Å²) in [7, 11) is -1.67. The van der Waals surface area contributed by atoms with E-state index >= 15 is 0 Å². The number of allylic oxidation sites excluding steroid dienone is 9. The van der Waals surface area contributed by atoms with Gasteiger partial charge in [-0.3, -0.25) is 4.90 Å². The molecule has 34 heavy (non-hydrogen) atoms. The molecule has 0 N–H and O–H groups in total. The van der Waals surface area contributed by atoms with E-state index in [1.54, 1.807) is 0 Å². The van der Waals surface area contributed by atoms with Crippen molar-refractivity contribution in [3.05, 3.63) is 59.3 Å². The number of guanidine groups is 1. The Hall–Kier alpha value is -1.96. The molecule has 0 aromatic carbocycles. The maximum absolute atomic E-state index is 14.2. The maximum Gasteiger partial charge on any atom is 0.316 e. The van der Waals surface area contributed by atoms with E-state index in [4.69, 9.17) is 4.99 Å². The van der Waals surface area contributed by atoms with Crippen LogP contribution in [0.2, 0.25) is 0 Å². The molecule has 5 aliphatic rings. The van der Waals surface area contributed by atoms with Crippen LogP contribution in [0.4, 0.5) is 0 Å². The van der Waals surface area contributed by atoms with Gasteiger partial charge in [0.1, 0.15) is 11.8 Å². The third kappa shape index (κ3) is 3.95. The van der Waals surface area contributed by atoms with Crippen molar-refractivity contribution in [3.8, 4) is 0 Å². The summed E-state index contributed by atoms with van der Waals surface area (Å²) < 4.78 is 28.4. The van der Waals surface area contributed by atoms with Crippen LogP contribution < -0.4 is 0 Å². The molecular formula is C27H39N4O2S+. The van der Waals surface area contributed by atoms with Gasteiger partial charge in [0.15, 0.2) is 0 Å². The van der Waals surface area contributed by atoms with Gasteiger partial charge in [0.25, 0.3) is 0 Å². The van der Waals surface area contributed by atoms with Crippen molar-refractivity contribution in [1.29, 1.82) is 0 Å². The topological polar surface area (TPSA) is 53.0 Å². The fourth-order valence-electron chi connectivity index (χ4n) is 6.01. The zero-order chi connectivity index (χ0) is 23.9. The molecule has 1 saturated heterocycles. The third-order valence-electron chi connectivity index (χ3n) is 8.69. The first-order chi connectivity index (χ1) is 16.3. The van der Waals surface area contributed by atoms with Gasteiger partial charge in [0, 0.05) is 38.1 Å². The smallest absolute Gasteiger partial charge is 0.308 e. The molecule has 3 aliphatic carbocycles. The van der Waals surface area contributed by atoms with E-state index in [2.05, 4.69) is 48.0 Å². The van der Waals surface area contributed by atoms with Gasteiger partial charge in [-0.25, -0.2) is 4.99 Å². The molecule has 3 unspecified atom stereocenters. The standard InChI is InChI=1S/C27H39N4O2S/c1-21-22(2)26(14-13-25(21)23-9-6-4-5-7-10-23)34(32,33)31(3)20-15-28-27(31)30-18-16-29(17-19-30)24-11-8-12-24/h4-7,9,13-14,22,24,26H,8,10-12,15-20H2,1-3H3/q+1. The average molecular weight is 484 g/mol. The summed E-state index contributed by atoms with van der Waals surface area (Å²) in [4.78, 5) is 9.61. The highest BCUT2D eigenvalue weighted by Crippen LogP contribution is 2.38. The highest BCUT2D eigenvalue weighted by molar-refractivity contribution is 7.87. The summed E-state index contributed by atoms with van der Waals surface area (Å²) in [5.41, 5.74) is 3.58. The van der Waals surface area contributed by atoms with E-state index in [0.29, 0.717) is 13.1 Å². The SMILES string of the molecule is CC1=C(C2=CC=CC=CC2)C=CC(S(=O)(=O)[N+]2(C)CCN=C2N2CCN(C3CCC3)CC2)C1C. The summed E-state index contributed by atoms with van der Waals surface area (Å²) in [6, 6.07) is 0.740. The quantitative estimate of drug-likeness (QED) is 0.573. The lowest BCUT2D eigenvalue weighted by molar-refractivity contribution is -0.685. The summed E-state index contributed by atoms with van der Waals surface area (Å²) in [6.45, 7) is 9.02. The highest BCUT2D eigenvalue weighted by Gasteiger charge is 2.54. The van der Waals surface area contributed by atoms with E-state index < -0.39 is 15.3 Å². The number of sulfonamides is 1. The average Bonchev–Trinajstić information content (AvgIpc) is 3.01. The molecule has 6 nitrogen and oxygen atoms in total. The van der Waals surface area contributed by atoms with Crippen LogP contribution in [0, 0.1) is 5.92 Å². The molecule has 5 rings (SSSR count). The maximum atomic E-state index is 14.2. The number of quaternary nitrogens is 1. The van der Waals surface area contributed by atoms with Gasteiger partial charge in [-0.2, -0.15) is 12.3 Å². The summed E-state index contributed by atoms with van der Waals surface area (Å²) in [6.07, 6.45) is 19.3. The minimum absolute atomic E-state index is 0.0747. The van der Waals surface area contributed by atoms with Gasteiger partial charge < -0.3 is 4.90 Å². The lowest BCUT2D eigenvalue weighted by atomic mass is 9.85. The molecule has 7 heteroatoms. The fourth-order valence-corrected chi connectivity index (χ4v) is 8.29.